The summed E-state index contributed by atoms with van der Waals surface area (Å²) in [5.74, 6) is -0.364. The predicted molar refractivity (Wildman–Crippen MR) is 71.8 cm³/mol. The number of para-hydroxylation sites is 1. The van der Waals surface area contributed by atoms with Crippen LogP contribution in [0.4, 0.5) is 0 Å². The highest BCUT2D eigenvalue weighted by Crippen LogP contribution is 2.31. The average molecular weight is 281 g/mol. The van der Waals surface area contributed by atoms with Crippen molar-refractivity contribution in [1.29, 1.82) is 0 Å². The van der Waals surface area contributed by atoms with Gasteiger partial charge in [-0.05, 0) is 25.0 Å². The van der Waals surface area contributed by atoms with Crippen LogP contribution in [0, 0.1) is 0 Å². The molecule has 20 heavy (non-hydrogen) atoms. The maximum Gasteiger partial charge on any atom is 0.257 e. The van der Waals surface area contributed by atoms with Gasteiger partial charge in [0.1, 0.15) is 5.60 Å². The lowest BCUT2D eigenvalue weighted by Crippen LogP contribution is -2.52. The number of aliphatic hydroxyl groups excluding tert-OH is 1. The lowest BCUT2D eigenvalue weighted by molar-refractivity contribution is -0.0598. The van der Waals surface area contributed by atoms with Crippen molar-refractivity contribution < 1.29 is 24.9 Å². The largest absolute Gasteiger partial charge is 0.504 e. The van der Waals surface area contributed by atoms with Gasteiger partial charge < -0.3 is 25.0 Å². The molecule has 1 aromatic rings. The molecule has 1 amide bonds. The van der Waals surface area contributed by atoms with E-state index in [2.05, 4.69) is 0 Å². The number of hydrogen-bond donors (Lipinski definition) is 3. The Morgan fingerprint density at radius 1 is 1.50 bits per heavy atom. The number of aromatic hydroxyl groups is 1. The van der Waals surface area contributed by atoms with Gasteiger partial charge in [-0.3, -0.25) is 4.79 Å². The summed E-state index contributed by atoms with van der Waals surface area (Å²) in [7, 11) is 1.41. The van der Waals surface area contributed by atoms with E-state index in [4.69, 9.17) is 4.74 Å². The number of β-amino-alcohol motifs (C(OH)–C–C–N with tert-alkyl or cyclic N) is 1. The Morgan fingerprint density at radius 2 is 2.25 bits per heavy atom. The van der Waals surface area contributed by atoms with Crippen molar-refractivity contribution in [3.63, 3.8) is 0 Å². The molecule has 1 saturated heterocycles. The maximum atomic E-state index is 12.4. The second-order valence-corrected chi connectivity index (χ2v) is 5.07. The zero-order valence-corrected chi connectivity index (χ0v) is 11.4. The van der Waals surface area contributed by atoms with Crippen LogP contribution in [0.25, 0.3) is 0 Å². The van der Waals surface area contributed by atoms with Gasteiger partial charge in [0.15, 0.2) is 11.5 Å². The van der Waals surface area contributed by atoms with Crippen LogP contribution in [0.1, 0.15) is 23.2 Å². The van der Waals surface area contributed by atoms with Crippen LogP contribution in [0.2, 0.25) is 0 Å². The number of rotatable bonds is 3. The molecule has 6 nitrogen and oxygen atoms in total. The number of amides is 1. The van der Waals surface area contributed by atoms with Gasteiger partial charge in [0, 0.05) is 6.54 Å². The molecule has 1 atom stereocenters. The first kappa shape index (κ1) is 14.6. The van der Waals surface area contributed by atoms with Crippen molar-refractivity contribution in [3.05, 3.63) is 23.8 Å². The summed E-state index contributed by atoms with van der Waals surface area (Å²) in [6.07, 6.45) is 1.06. The van der Waals surface area contributed by atoms with Crippen molar-refractivity contribution in [1.82, 2.24) is 4.90 Å². The highest BCUT2D eigenvalue weighted by Gasteiger charge is 2.35. The fourth-order valence-corrected chi connectivity index (χ4v) is 2.44. The molecule has 1 heterocycles. The molecule has 0 radical (unpaired) electrons. The van der Waals surface area contributed by atoms with E-state index in [-0.39, 0.29) is 36.1 Å². The third-order valence-electron chi connectivity index (χ3n) is 3.59. The fourth-order valence-electron chi connectivity index (χ4n) is 2.44. The van der Waals surface area contributed by atoms with Gasteiger partial charge in [0.2, 0.25) is 0 Å². The normalized spacial score (nSPS) is 22.6. The Kier molecular flexibility index (Phi) is 4.15. The molecular weight excluding hydrogens is 262 g/mol. The quantitative estimate of drug-likeness (QED) is 0.744. The number of methoxy groups -OCH3 is 1. The maximum absolute atomic E-state index is 12.4. The van der Waals surface area contributed by atoms with Crippen LogP contribution < -0.4 is 4.74 Å². The van der Waals surface area contributed by atoms with Crippen LogP contribution in [0.15, 0.2) is 18.2 Å². The molecule has 0 unspecified atom stereocenters. The molecule has 0 bridgehead atoms. The fraction of sp³-hybridized carbons (Fsp3) is 0.500. The lowest BCUT2D eigenvalue weighted by atomic mass is 9.93. The zero-order chi connectivity index (χ0) is 14.8. The predicted octanol–water partition coefficient (Wildman–Crippen LogP) is 0.360. The van der Waals surface area contributed by atoms with Crippen LogP contribution in [-0.2, 0) is 0 Å². The summed E-state index contributed by atoms with van der Waals surface area (Å²) >= 11 is 0. The smallest absolute Gasteiger partial charge is 0.257 e. The molecule has 0 spiro atoms. The SMILES string of the molecule is COc1cccc(C(=O)N2CCC[C@](O)(CO)C2)c1O. The molecule has 0 aromatic heterocycles. The van der Waals surface area contributed by atoms with Crippen LogP contribution in [0.5, 0.6) is 11.5 Å². The molecule has 0 aliphatic carbocycles. The van der Waals surface area contributed by atoms with Crippen molar-refractivity contribution in [3.8, 4) is 11.5 Å². The number of phenols is 1. The number of ether oxygens (including phenoxy) is 1. The van der Waals surface area contributed by atoms with E-state index in [1.807, 2.05) is 0 Å². The molecule has 1 aliphatic heterocycles. The van der Waals surface area contributed by atoms with Crippen molar-refractivity contribution in [2.45, 2.75) is 18.4 Å². The number of carbonyl (C=O) groups is 1. The van der Waals surface area contributed by atoms with E-state index >= 15 is 0 Å². The van der Waals surface area contributed by atoms with Gasteiger partial charge in [-0.1, -0.05) is 6.07 Å². The van der Waals surface area contributed by atoms with Gasteiger partial charge in [-0.25, -0.2) is 0 Å². The van der Waals surface area contributed by atoms with E-state index in [0.29, 0.717) is 19.4 Å². The topological polar surface area (TPSA) is 90.2 Å². The Morgan fingerprint density at radius 3 is 2.90 bits per heavy atom. The Labute approximate surface area is 117 Å². The lowest BCUT2D eigenvalue weighted by Gasteiger charge is -2.38. The number of benzene rings is 1. The number of phenolic OH excluding ortho intramolecular Hbond substituents is 1. The number of piperidine rings is 1. The van der Waals surface area contributed by atoms with Crippen molar-refractivity contribution in [2.75, 3.05) is 26.8 Å². The van der Waals surface area contributed by atoms with Crippen molar-refractivity contribution >= 4 is 5.91 Å². The number of nitrogens with zero attached hydrogens (tertiary/aromatic N) is 1. The minimum Gasteiger partial charge on any atom is -0.504 e. The monoisotopic (exact) mass is 281 g/mol. The summed E-state index contributed by atoms with van der Waals surface area (Å²) in [5.41, 5.74) is -1.13. The van der Waals surface area contributed by atoms with Gasteiger partial charge in [0.05, 0.1) is 25.8 Å². The summed E-state index contributed by atoms with van der Waals surface area (Å²) in [4.78, 5) is 13.8. The van der Waals surface area contributed by atoms with E-state index in [1.54, 1.807) is 12.1 Å². The summed E-state index contributed by atoms with van der Waals surface area (Å²) in [6.45, 7) is 0.150. The van der Waals surface area contributed by atoms with Crippen molar-refractivity contribution in [2.24, 2.45) is 0 Å². The average Bonchev–Trinajstić information content (AvgIpc) is 2.47. The van der Waals surface area contributed by atoms with E-state index in [9.17, 15) is 20.1 Å². The molecule has 6 heteroatoms. The number of likely N-dealkylation sites (tertiary alicyclic amines) is 1. The molecule has 0 saturated carbocycles. The van der Waals surface area contributed by atoms with Crippen LogP contribution in [0.3, 0.4) is 0 Å². The Balaban J connectivity index is 2.23. The highest BCUT2D eigenvalue weighted by molar-refractivity contribution is 5.97. The van der Waals surface area contributed by atoms with Gasteiger partial charge in [-0.15, -0.1) is 0 Å². The standard InChI is InChI=1S/C14H19NO5/c1-20-11-5-2-4-10(12(11)17)13(18)15-7-3-6-14(19,8-15)9-16/h2,4-5,16-17,19H,3,6-9H2,1H3/t14-/m1/s1. The molecule has 110 valence electrons. The zero-order valence-electron chi connectivity index (χ0n) is 11.4. The first-order chi connectivity index (χ1) is 9.50. The van der Waals surface area contributed by atoms with Gasteiger partial charge in [-0.2, -0.15) is 0 Å². The molecule has 1 fully saturated rings. The molecule has 3 N–H and O–H groups in total. The van der Waals surface area contributed by atoms with E-state index < -0.39 is 5.60 Å². The van der Waals surface area contributed by atoms with Crippen LogP contribution >= 0.6 is 0 Å². The minimum atomic E-state index is -1.26. The van der Waals surface area contributed by atoms with E-state index in [0.717, 1.165) is 0 Å². The highest BCUT2D eigenvalue weighted by atomic mass is 16.5. The molecule has 2 rings (SSSR count). The Hall–Kier alpha value is -1.79. The summed E-state index contributed by atoms with van der Waals surface area (Å²) < 4.78 is 4.98. The van der Waals surface area contributed by atoms with Crippen LogP contribution in [-0.4, -0.2) is 58.5 Å². The van der Waals surface area contributed by atoms with E-state index in [1.165, 1.54) is 18.1 Å². The summed E-state index contributed by atoms with van der Waals surface area (Å²) in [5, 5.41) is 29.3. The first-order valence-electron chi connectivity index (χ1n) is 6.49. The molecule has 1 aromatic carbocycles. The third-order valence-corrected chi connectivity index (χ3v) is 3.59. The molecule has 1 aliphatic rings. The number of aliphatic hydroxyl groups is 2. The second kappa shape index (κ2) is 5.68. The second-order valence-electron chi connectivity index (χ2n) is 5.07. The third kappa shape index (κ3) is 2.71. The number of hydrogen-bond acceptors (Lipinski definition) is 5. The number of carbonyl (C=O) groups excluding carboxylic acids is 1. The first-order valence-corrected chi connectivity index (χ1v) is 6.49. The van der Waals surface area contributed by atoms with Gasteiger partial charge >= 0.3 is 0 Å². The Bertz CT molecular complexity index is 504. The van der Waals surface area contributed by atoms with Gasteiger partial charge in [0.25, 0.3) is 5.91 Å². The minimum absolute atomic E-state index is 0.0545. The molecular formula is C14H19NO5. The summed E-state index contributed by atoms with van der Waals surface area (Å²) in [6, 6.07) is 4.69.